The third-order valence-corrected chi connectivity index (χ3v) is 3.98. The van der Waals surface area contributed by atoms with Crippen LogP contribution in [0.3, 0.4) is 0 Å². The number of anilines is 1. The normalized spacial score (nSPS) is 10.6. The van der Waals surface area contributed by atoms with Gasteiger partial charge in [-0.3, -0.25) is 9.78 Å². The van der Waals surface area contributed by atoms with Crippen LogP contribution in [0.15, 0.2) is 59.2 Å². The van der Waals surface area contributed by atoms with Crippen molar-refractivity contribution in [3.05, 3.63) is 69.8 Å². The summed E-state index contributed by atoms with van der Waals surface area (Å²) in [5, 5.41) is 4.35. The molecular formula is C16H10BrClN2O. The van der Waals surface area contributed by atoms with Crippen molar-refractivity contribution in [2.45, 2.75) is 0 Å². The highest BCUT2D eigenvalue weighted by Gasteiger charge is 2.10. The van der Waals surface area contributed by atoms with Gasteiger partial charge < -0.3 is 5.32 Å². The second-order valence-corrected chi connectivity index (χ2v) is 5.75. The summed E-state index contributed by atoms with van der Waals surface area (Å²) in [4.78, 5) is 16.6. The number of hydrogen-bond acceptors (Lipinski definition) is 2. The van der Waals surface area contributed by atoms with Gasteiger partial charge in [0.1, 0.15) is 0 Å². The van der Waals surface area contributed by atoms with E-state index in [-0.39, 0.29) is 5.91 Å². The topological polar surface area (TPSA) is 42.0 Å². The largest absolute Gasteiger partial charge is 0.320 e. The lowest BCUT2D eigenvalue weighted by atomic mass is 10.1. The number of nitrogens with zero attached hydrogens (tertiary/aromatic N) is 1. The molecular weight excluding hydrogens is 352 g/mol. The van der Waals surface area contributed by atoms with E-state index in [1.54, 1.807) is 30.5 Å². The Bertz CT molecular complexity index is 835. The van der Waals surface area contributed by atoms with Crippen LogP contribution in [0.1, 0.15) is 10.4 Å². The zero-order valence-electron chi connectivity index (χ0n) is 10.8. The third-order valence-electron chi connectivity index (χ3n) is 3.05. The van der Waals surface area contributed by atoms with E-state index in [1.165, 1.54) is 0 Å². The average molecular weight is 362 g/mol. The zero-order chi connectivity index (χ0) is 14.8. The van der Waals surface area contributed by atoms with Gasteiger partial charge in [-0.25, -0.2) is 0 Å². The molecule has 0 unspecified atom stereocenters. The van der Waals surface area contributed by atoms with Crippen LogP contribution in [0.25, 0.3) is 10.9 Å². The van der Waals surface area contributed by atoms with Crippen LogP contribution in [-0.4, -0.2) is 10.9 Å². The van der Waals surface area contributed by atoms with Gasteiger partial charge >= 0.3 is 0 Å². The number of amides is 1. The number of carbonyl (C=O) groups excluding carboxylic acids is 1. The van der Waals surface area contributed by atoms with Crippen LogP contribution in [0.2, 0.25) is 5.02 Å². The fraction of sp³-hybridized carbons (Fsp3) is 0. The molecule has 0 saturated carbocycles. The first-order chi connectivity index (χ1) is 10.1. The van der Waals surface area contributed by atoms with E-state index in [2.05, 4.69) is 26.2 Å². The van der Waals surface area contributed by atoms with E-state index in [0.29, 0.717) is 16.3 Å². The summed E-state index contributed by atoms with van der Waals surface area (Å²) in [5.41, 5.74) is 1.91. The molecule has 3 aromatic rings. The number of fused-ring (bicyclic) bond motifs is 1. The summed E-state index contributed by atoms with van der Waals surface area (Å²) < 4.78 is 0.936. The summed E-state index contributed by atoms with van der Waals surface area (Å²) in [6, 6.07) is 14.3. The molecule has 1 heterocycles. The molecule has 1 amide bonds. The van der Waals surface area contributed by atoms with Crippen molar-refractivity contribution in [3.63, 3.8) is 0 Å². The van der Waals surface area contributed by atoms with Gasteiger partial charge in [-0.1, -0.05) is 39.7 Å². The first kappa shape index (κ1) is 14.0. The molecule has 0 aliphatic carbocycles. The number of carbonyl (C=O) groups is 1. The number of aromatic nitrogens is 1. The van der Waals surface area contributed by atoms with Crippen molar-refractivity contribution >= 4 is 50.0 Å². The highest BCUT2D eigenvalue weighted by Crippen LogP contribution is 2.28. The fourth-order valence-electron chi connectivity index (χ4n) is 2.06. The number of nitrogens with one attached hydrogen (secondary N) is 1. The van der Waals surface area contributed by atoms with Crippen molar-refractivity contribution in [3.8, 4) is 0 Å². The standard InChI is InChI=1S/C16H10BrClN2O/c17-13-6-7-14(15-12(13)5-2-8-19-15)20-16(21)10-3-1-4-11(18)9-10/h1-9H,(H,20,21). The maximum Gasteiger partial charge on any atom is 0.255 e. The van der Waals surface area contributed by atoms with Gasteiger partial charge in [-0.2, -0.15) is 0 Å². The van der Waals surface area contributed by atoms with Gasteiger partial charge in [0.15, 0.2) is 0 Å². The van der Waals surface area contributed by atoms with Crippen molar-refractivity contribution in [1.82, 2.24) is 4.98 Å². The summed E-state index contributed by atoms with van der Waals surface area (Å²) in [5.74, 6) is -0.216. The Morgan fingerprint density at radius 2 is 2.00 bits per heavy atom. The van der Waals surface area contributed by atoms with Crippen LogP contribution >= 0.6 is 27.5 Å². The van der Waals surface area contributed by atoms with Crippen molar-refractivity contribution in [2.24, 2.45) is 0 Å². The SMILES string of the molecule is O=C(Nc1ccc(Br)c2cccnc12)c1cccc(Cl)c1. The Hall–Kier alpha value is -1.91. The minimum Gasteiger partial charge on any atom is -0.320 e. The first-order valence-corrected chi connectivity index (χ1v) is 7.42. The summed E-state index contributed by atoms with van der Waals surface area (Å²) in [6.07, 6.45) is 1.70. The lowest BCUT2D eigenvalue weighted by molar-refractivity contribution is 0.102. The molecule has 1 N–H and O–H groups in total. The third kappa shape index (κ3) is 2.91. The Labute approximate surface area is 135 Å². The first-order valence-electron chi connectivity index (χ1n) is 6.25. The molecule has 0 aliphatic rings. The molecule has 0 bridgehead atoms. The van der Waals surface area contributed by atoms with E-state index in [0.717, 1.165) is 15.4 Å². The maximum atomic E-state index is 12.3. The van der Waals surface area contributed by atoms with Crippen molar-refractivity contribution < 1.29 is 4.79 Å². The number of rotatable bonds is 2. The van der Waals surface area contributed by atoms with Gasteiger partial charge in [0.2, 0.25) is 0 Å². The van der Waals surface area contributed by atoms with Gasteiger partial charge in [0.25, 0.3) is 5.91 Å². The number of pyridine rings is 1. The van der Waals surface area contributed by atoms with Gasteiger partial charge in [0.05, 0.1) is 11.2 Å². The minimum absolute atomic E-state index is 0.216. The molecule has 0 spiro atoms. The Morgan fingerprint density at radius 1 is 1.14 bits per heavy atom. The highest BCUT2D eigenvalue weighted by atomic mass is 79.9. The molecule has 0 fully saturated rings. The van der Waals surface area contributed by atoms with Crippen molar-refractivity contribution in [1.29, 1.82) is 0 Å². The average Bonchev–Trinajstić information content (AvgIpc) is 2.50. The molecule has 1 aromatic heterocycles. The monoisotopic (exact) mass is 360 g/mol. The van der Waals surface area contributed by atoms with Crippen LogP contribution < -0.4 is 5.32 Å². The number of benzene rings is 2. The van der Waals surface area contributed by atoms with Crippen LogP contribution in [0.4, 0.5) is 5.69 Å². The molecule has 3 rings (SSSR count). The predicted octanol–water partition coefficient (Wildman–Crippen LogP) is 4.90. The van der Waals surface area contributed by atoms with E-state index >= 15 is 0 Å². The molecule has 21 heavy (non-hydrogen) atoms. The summed E-state index contributed by atoms with van der Waals surface area (Å²) >= 11 is 9.39. The maximum absolute atomic E-state index is 12.3. The molecule has 5 heteroatoms. The number of hydrogen-bond donors (Lipinski definition) is 1. The molecule has 0 saturated heterocycles. The summed E-state index contributed by atoms with van der Waals surface area (Å²) in [7, 11) is 0. The lowest BCUT2D eigenvalue weighted by Gasteiger charge is -2.09. The van der Waals surface area contributed by atoms with E-state index < -0.39 is 0 Å². The second kappa shape index (κ2) is 5.84. The summed E-state index contributed by atoms with van der Waals surface area (Å²) in [6.45, 7) is 0. The smallest absolute Gasteiger partial charge is 0.255 e. The van der Waals surface area contributed by atoms with E-state index in [9.17, 15) is 4.79 Å². The lowest BCUT2D eigenvalue weighted by Crippen LogP contribution is -2.12. The van der Waals surface area contributed by atoms with Gasteiger partial charge in [-0.05, 0) is 36.4 Å². The van der Waals surface area contributed by atoms with Crippen LogP contribution in [0.5, 0.6) is 0 Å². The highest BCUT2D eigenvalue weighted by molar-refractivity contribution is 9.10. The Morgan fingerprint density at radius 3 is 2.81 bits per heavy atom. The predicted molar refractivity (Wildman–Crippen MR) is 88.8 cm³/mol. The molecule has 0 aliphatic heterocycles. The molecule has 104 valence electrons. The van der Waals surface area contributed by atoms with Crippen LogP contribution in [0, 0.1) is 0 Å². The molecule has 2 aromatic carbocycles. The van der Waals surface area contributed by atoms with Gasteiger partial charge in [0, 0.05) is 26.6 Å². The molecule has 0 radical (unpaired) electrons. The van der Waals surface area contributed by atoms with E-state index in [4.69, 9.17) is 11.6 Å². The Kier molecular flexibility index (Phi) is 3.90. The van der Waals surface area contributed by atoms with E-state index in [1.807, 2.05) is 24.3 Å². The number of halogens is 2. The Balaban J connectivity index is 1.99. The zero-order valence-corrected chi connectivity index (χ0v) is 13.1. The second-order valence-electron chi connectivity index (χ2n) is 4.46. The molecule has 0 atom stereocenters. The molecule has 3 nitrogen and oxygen atoms in total. The van der Waals surface area contributed by atoms with Crippen LogP contribution in [-0.2, 0) is 0 Å². The van der Waals surface area contributed by atoms with Crippen molar-refractivity contribution in [2.75, 3.05) is 5.32 Å². The minimum atomic E-state index is -0.216. The fourth-order valence-corrected chi connectivity index (χ4v) is 2.71. The quantitative estimate of drug-likeness (QED) is 0.705. The van der Waals surface area contributed by atoms with Gasteiger partial charge in [-0.15, -0.1) is 0 Å².